The summed E-state index contributed by atoms with van der Waals surface area (Å²) in [5.41, 5.74) is 0. The minimum Gasteiger partial charge on any atom is -0.395 e. The van der Waals surface area contributed by atoms with E-state index in [1.54, 1.807) is 14.0 Å². The maximum absolute atomic E-state index is 11.4. The van der Waals surface area contributed by atoms with Crippen molar-refractivity contribution >= 4 is 11.8 Å². The van der Waals surface area contributed by atoms with E-state index < -0.39 is 6.04 Å². The Kier molecular flexibility index (Phi) is 5.06. The van der Waals surface area contributed by atoms with Gasteiger partial charge in [0.1, 0.15) is 6.04 Å². The number of rotatable bonds is 4. The second-order valence-electron chi connectivity index (χ2n) is 2.91. The molecule has 76 valence electrons. The van der Waals surface area contributed by atoms with Crippen LogP contribution >= 0.6 is 0 Å². The van der Waals surface area contributed by atoms with Crippen LogP contribution in [0.2, 0.25) is 0 Å². The van der Waals surface area contributed by atoms with Crippen LogP contribution in [0.25, 0.3) is 0 Å². The highest BCUT2D eigenvalue weighted by Crippen LogP contribution is 1.91. The number of aliphatic hydroxyl groups excluding tert-OH is 1. The Morgan fingerprint density at radius 3 is 2.46 bits per heavy atom. The van der Waals surface area contributed by atoms with Gasteiger partial charge in [-0.05, 0) is 6.92 Å². The van der Waals surface area contributed by atoms with Gasteiger partial charge in [0.25, 0.3) is 0 Å². The van der Waals surface area contributed by atoms with Gasteiger partial charge in [-0.25, -0.2) is 0 Å². The number of nitrogens with one attached hydrogen (secondary N) is 1. The summed E-state index contributed by atoms with van der Waals surface area (Å²) in [5.74, 6) is -0.442. The molecule has 0 aromatic rings. The first-order chi connectivity index (χ1) is 5.99. The standard InChI is InChI=1S/C8H16N2O3/c1-6(9-7(2)12)8(13)10(3)4-5-11/h6,11H,4-5H2,1-3H3,(H,9,12). The van der Waals surface area contributed by atoms with Gasteiger partial charge in [0, 0.05) is 20.5 Å². The van der Waals surface area contributed by atoms with Gasteiger partial charge in [-0.1, -0.05) is 0 Å². The molecule has 13 heavy (non-hydrogen) atoms. The van der Waals surface area contributed by atoms with Crippen LogP contribution in [0.5, 0.6) is 0 Å². The first-order valence-corrected chi connectivity index (χ1v) is 4.12. The zero-order valence-electron chi connectivity index (χ0n) is 8.20. The lowest BCUT2D eigenvalue weighted by Crippen LogP contribution is -2.45. The van der Waals surface area contributed by atoms with Crippen LogP contribution in [0.1, 0.15) is 13.8 Å². The van der Waals surface area contributed by atoms with Crippen molar-refractivity contribution in [1.82, 2.24) is 10.2 Å². The van der Waals surface area contributed by atoms with E-state index >= 15 is 0 Å². The maximum Gasteiger partial charge on any atom is 0.244 e. The zero-order chi connectivity index (χ0) is 10.4. The first kappa shape index (κ1) is 11.9. The van der Waals surface area contributed by atoms with E-state index in [2.05, 4.69) is 5.32 Å². The van der Waals surface area contributed by atoms with Gasteiger partial charge in [-0.15, -0.1) is 0 Å². The van der Waals surface area contributed by atoms with Crippen LogP contribution in [-0.2, 0) is 9.59 Å². The SMILES string of the molecule is CC(=O)NC(C)C(=O)N(C)CCO. The number of amides is 2. The number of carbonyl (C=O) groups is 2. The molecule has 0 saturated heterocycles. The van der Waals surface area contributed by atoms with E-state index in [-0.39, 0.29) is 25.0 Å². The van der Waals surface area contributed by atoms with Crippen molar-refractivity contribution in [3.63, 3.8) is 0 Å². The molecule has 0 spiro atoms. The van der Waals surface area contributed by atoms with E-state index in [1.807, 2.05) is 0 Å². The molecule has 0 aromatic heterocycles. The third kappa shape index (κ3) is 4.47. The lowest BCUT2D eigenvalue weighted by molar-refractivity contribution is -0.134. The summed E-state index contributed by atoms with van der Waals surface area (Å²) in [7, 11) is 1.58. The third-order valence-electron chi connectivity index (χ3n) is 1.60. The van der Waals surface area contributed by atoms with E-state index in [0.717, 1.165) is 0 Å². The average Bonchev–Trinajstić information content (AvgIpc) is 2.02. The molecule has 1 atom stereocenters. The Balaban J connectivity index is 4.01. The van der Waals surface area contributed by atoms with Crippen molar-refractivity contribution in [3.8, 4) is 0 Å². The topological polar surface area (TPSA) is 69.6 Å². The number of carbonyl (C=O) groups excluding carboxylic acids is 2. The summed E-state index contributed by atoms with van der Waals surface area (Å²) >= 11 is 0. The van der Waals surface area contributed by atoms with Gasteiger partial charge in [0.05, 0.1) is 6.61 Å². The molecular weight excluding hydrogens is 172 g/mol. The molecule has 0 fully saturated rings. The summed E-state index contributed by atoms with van der Waals surface area (Å²) in [6.45, 7) is 3.17. The van der Waals surface area contributed by atoms with Crippen LogP contribution in [0.3, 0.4) is 0 Å². The summed E-state index contributed by atoms with van der Waals surface area (Å²) in [4.78, 5) is 23.4. The predicted octanol–water partition coefficient (Wildman–Crippen LogP) is -1.04. The average molecular weight is 188 g/mol. The lowest BCUT2D eigenvalue weighted by Gasteiger charge is -2.20. The summed E-state index contributed by atoms with van der Waals surface area (Å²) in [6, 6.07) is -0.533. The Morgan fingerprint density at radius 2 is 2.08 bits per heavy atom. The molecule has 2 N–H and O–H groups in total. The van der Waals surface area contributed by atoms with Crippen LogP contribution in [-0.4, -0.2) is 48.1 Å². The lowest BCUT2D eigenvalue weighted by atomic mass is 10.3. The quantitative estimate of drug-likeness (QED) is 0.592. The van der Waals surface area contributed by atoms with E-state index in [0.29, 0.717) is 0 Å². The summed E-state index contributed by atoms with van der Waals surface area (Å²) in [5, 5.41) is 11.0. The van der Waals surface area contributed by atoms with Crippen LogP contribution < -0.4 is 5.32 Å². The Bertz CT molecular complexity index is 194. The Hall–Kier alpha value is -1.10. The van der Waals surface area contributed by atoms with Crippen LogP contribution in [0, 0.1) is 0 Å². The van der Waals surface area contributed by atoms with Crippen molar-refractivity contribution in [3.05, 3.63) is 0 Å². The molecule has 0 heterocycles. The first-order valence-electron chi connectivity index (χ1n) is 4.12. The third-order valence-corrected chi connectivity index (χ3v) is 1.60. The highest BCUT2D eigenvalue weighted by molar-refractivity contribution is 5.86. The molecule has 5 nitrogen and oxygen atoms in total. The molecule has 5 heteroatoms. The molecule has 0 aliphatic rings. The van der Waals surface area contributed by atoms with Crippen molar-refractivity contribution in [1.29, 1.82) is 0 Å². The second-order valence-corrected chi connectivity index (χ2v) is 2.91. The molecule has 0 aromatic carbocycles. The minimum atomic E-state index is -0.533. The normalized spacial score (nSPS) is 12.0. The van der Waals surface area contributed by atoms with Crippen LogP contribution in [0.4, 0.5) is 0 Å². The highest BCUT2D eigenvalue weighted by Gasteiger charge is 2.17. The fourth-order valence-electron chi connectivity index (χ4n) is 0.957. The van der Waals surface area contributed by atoms with Gasteiger partial charge in [0.15, 0.2) is 0 Å². The van der Waals surface area contributed by atoms with Gasteiger partial charge < -0.3 is 15.3 Å². The van der Waals surface area contributed by atoms with E-state index in [1.165, 1.54) is 11.8 Å². The van der Waals surface area contributed by atoms with Gasteiger partial charge in [-0.3, -0.25) is 9.59 Å². The van der Waals surface area contributed by atoms with Crippen molar-refractivity contribution in [2.75, 3.05) is 20.2 Å². The number of likely N-dealkylation sites (N-methyl/N-ethyl adjacent to an activating group) is 1. The molecular formula is C8H16N2O3. The smallest absolute Gasteiger partial charge is 0.244 e. The molecule has 0 radical (unpaired) electrons. The number of aliphatic hydroxyl groups is 1. The molecule has 0 aliphatic heterocycles. The van der Waals surface area contributed by atoms with Gasteiger partial charge in [-0.2, -0.15) is 0 Å². The maximum atomic E-state index is 11.4. The molecule has 1 unspecified atom stereocenters. The van der Waals surface area contributed by atoms with Crippen molar-refractivity contribution in [2.24, 2.45) is 0 Å². The monoisotopic (exact) mass is 188 g/mol. The molecule has 0 bridgehead atoms. The Morgan fingerprint density at radius 1 is 1.54 bits per heavy atom. The summed E-state index contributed by atoms with van der Waals surface area (Å²) in [6.07, 6.45) is 0. The molecule has 0 aliphatic carbocycles. The molecule has 0 rings (SSSR count). The summed E-state index contributed by atoms with van der Waals surface area (Å²) < 4.78 is 0. The zero-order valence-corrected chi connectivity index (χ0v) is 8.20. The molecule has 2 amide bonds. The fraction of sp³-hybridized carbons (Fsp3) is 0.750. The highest BCUT2D eigenvalue weighted by atomic mass is 16.3. The van der Waals surface area contributed by atoms with Crippen molar-refractivity contribution in [2.45, 2.75) is 19.9 Å². The van der Waals surface area contributed by atoms with Gasteiger partial charge >= 0.3 is 0 Å². The minimum absolute atomic E-state index is 0.0744. The number of hydrogen-bond acceptors (Lipinski definition) is 3. The second kappa shape index (κ2) is 5.53. The largest absolute Gasteiger partial charge is 0.395 e. The van der Waals surface area contributed by atoms with Crippen LogP contribution in [0.15, 0.2) is 0 Å². The van der Waals surface area contributed by atoms with Crippen molar-refractivity contribution < 1.29 is 14.7 Å². The predicted molar refractivity (Wildman–Crippen MR) is 48.0 cm³/mol. The number of nitrogens with zero attached hydrogens (tertiary/aromatic N) is 1. The Labute approximate surface area is 77.7 Å². The van der Waals surface area contributed by atoms with E-state index in [9.17, 15) is 9.59 Å². The molecule has 0 saturated carbocycles. The van der Waals surface area contributed by atoms with Gasteiger partial charge in [0.2, 0.25) is 11.8 Å². The fourth-order valence-corrected chi connectivity index (χ4v) is 0.957. The number of hydrogen-bond donors (Lipinski definition) is 2. The van der Waals surface area contributed by atoms with E-state index in [4.69, 9.17) is 5.11 Å².